The molecule has 50 valence electrons. The predicted molar refractivity (Wildman–Crippen MR) is 36.0 cm³/mol. The molecule has 0 aromatic rings. The van der Waals surface area contributed by atoms with Crippen LogP contribution in [0.4, 0.5) is 0 Å². The molecule has 0 aliphatic heterocycles. The highest BCUT2D eigenvalue weighted by Gasteiger charge is 2.45. The number of fused-ring (bicyclic) bond motifs is 2. The number of hydrogen-bond donors (Lipinski definition) is 1. The highest BCUT2D eigenvalue weighted by Crippen LogP contribution is 2.50. The van der Waals surface area contributed by atoms with Crippen LogP contribution in [0.1, 0.15) is 25.7 Å². The van der Waals surface area contributed by atoms with E-state index in [0.29, 0.717) is 0 Å². The van der Waals surface area contributed by atoms with E-state index in [9.17, 15) is 5.11 Å². The molecule has 2 aliphatic carbocycles. The molecule has 2 fully saturated rings. The highest BCUT2D eigenvalue weighted by molar-refractivity contribution is 5.22. The van der Waals surface area contributed by atoms with Crippen LogP contribution in [0.2, 0.25) is 0 Å². The van der Waals surface area contributed by atoms with E-state index in [2.05, 4.69) is 6.58 Å². The van der Waals surface area contributed by atoms with E-state index in [-0.39, 0.29) is 0 Å². The van der Waals surface area contributed by atoms with E-state index < -0.39 is 5.60 Å². The maximum atomic E-state index is 9.71. The second kappa shape index (κ2) is 1.40. The zero-order chi connectivity index (χ0) is 6.48. The summed E-state index contributed by atoms with van der Waals surface area (Å²) in [5, 5.41) is 9.71. The van der Waals surface area contributed by atoms with E-state index in [4.69, 9.17) is 0 Å². The van der Waals surface area contributed by atoms with Gasteiger partial charge in [-0.2, -0.15) is 0 Å². The fourth-order valence-electron chi connectivity index (χ4n) is 2.16. The summed E-state index contributed by atoms with van der Waals surface area (Å²) in [6, 6.07) is 0. The molecule has 0 spiro atoms. The van der Waals surface area contributed by atoms with Gasteiger partial charge in [-0.1, -0.05) is 6.58 Å². The Morgan fingerprint density at radius 1 is 1.67 bits per heavy atom. The van der Waals surface area contributed by atoms with Gasteiger partial charge in [-0.25, -0.2) is 0 Å². The molecule has 2 unspecified atom stereocenters. The Kier molecular flexibility index (Phi) is 0.854. The molecule has 1 heteroatoms. The van der Waals surface area contributed by atoms with Crippen molar-refractivity contribution in [2.45, 2.75) is 31.3 Å². The summed E-state index contributed by atoms with van der Waals surface area (Å²) in [5.74, 6) is 0.766. The maximum Gasteiger partial charge on any atom is 0.0857 e. The molecule has 2 aliphatic rings. The van der Waals surface area contributed by atoms with Gasteiger partial charge in [0.05, 0.1) is 5.60 Å². The zero-order valence-corrected chi connectivity index (χ0v) is 5.56. The first-order valence-electron chi connectivity index (χ1n) is 3.61. The van der Waals surface area contributed by atoms with Crippen molar-refractivity contribution in [3.05, 3.63) is 12.2 Å². The summed E-state index contributed by atoms with van der Waals surface area (Å²) in [7, 11) is 0. The summed E-state index contributed by atoms with van der Waals surface area (Å²) in [4.78, 5) is 0. The van der Waals surface area contributed by atoms with Crippen molar-refractivity contribution in [2.24, 2.45) is 5.92 Å². The smallest absolute Gasteiger partial charge is 0.0857 e. The molecule has 0 aromatic carbocycles. The molecule has 0 heterocycles. The van der Waals surface area contributed by atoms with Crippen LogP contribution < -0.4 is 0 Å². The van der Waals surface area contributed by atoms with Gasteiger partial charge in [-0.15, -0.1) is 0 Å². The largest absolute Gasteiger partial charge is 0.386 e. The van der Waals surface area contributed by atoms with Crippen LogP contribution in [0, 0.1) is 5.92 Å². The SMILES string of the molecule is C=C1CC2CCC1(O)C2. The van der Waals surface area contributed by atoms with Gasteiger partial charge in [0.1, 0.15) is 0 Å². The lowest BCUT2D eigenvalue weighted by Gasteiger charge is -2.21. The summed E-state index contributed by atoms with van der Waals surface area (Å²) < 4.78 is 0. The summed E-state index contributed by atoms with van der Waals surface area (Å²) in [5.41, 5.74) is 0.656. The fraction of sp³-hybridized carbons (Fsp3) is 0.750. The number of hydrogen-bond acceptors (Lipinski definition) is 1. The average molecular weight is 124 g/mol. The van der Waals surface area contributed by atoms with Gasteiger partial charge >= 0.3 is 0 Å². The van der Waals surface area contributed by atoms with Crippen LogP contribution >= 0.6 is 0 Å². The molecule has 2 bridgehead atoms. The third-order valence-corrected chi connectivity index (χ3v) is 2.79. The third kappa shape index (κ3) is 0.584. The van der Waals surface area contributed by atoms with E-state index in [1.807, 2.05) is 0 Å². The zero-order valence-electron chi connectivity index (χ0n) is 5.56. The molecule has 2 saturated carbocycles. The van der Waals surface area contributed by atoms with Crippen LogP contribution in [0.5, 0.6) is 0 Å². The van der Waals surface area contributed by atoms with Crippen LogP contribution in [0.25, 0.3) is 0 Å². The van der Waals surface area contributed by atoms with Crippen molar-refractivity contribution in [1.82, 2.24) is 0 Å². The number of rotatable bonds is 0. The minimum atomic E-state index is -0.426. The van der Waals surface area contributed by atoms with Crippen molar-refractivity contribution in [3.63, 3.8) is 0 Å². The van der Waals surface area contributed by atoms with Crippen molar-refractivity contribution >= 4 is 0 Å². The molecule has 9 heavy (non-hydrogen) atoms. The summed E-state index contributed by atoms with van der Waals surface area (Å²) in [6.07, 6.45) is 4.26. The fourth-order valence-corrected chi connectivity index (χ4v) is 2.16. The molecular weight excluding hydrogens is 112 g/mol. The predicted octanol–water partition coefficient (Wildman–Crippen LogP) is 1.48. The lowest BCUT2D eigenvalue weighted by molar-refractivity contribution is 0.0939. The van der Waals surface area contributed by atoms with Gasteiger partial charge in [0, 0.05) is 0 Å². The Balaban J connectivity index is 2.32. The van der Waals surface area contributed by atoms with Crippen molar-refractivity contribution in [2.75, 3.05) is 0 Å². The first-order chi connectivity index (χ1) is 4.21. The molecule has 1 N–H and O–H groups in total. The third-order valence-electron chi connectivity index (χ3n) is 2.79. The lowest BCUT2D eigenvalue weighted by Crippen LogP contribution is -2.23. The van der Waals surface area contributed by atoms with Crippen LogP contribution in [0.3, 0.4) is 0 Å². The Morgan fingerprint density at radius 3 is 2.67 bits per heavy atom. The van der Waals surface area contributed by atoms with Crippen LogP contribution in [-0.4, -0.2) is 10.7 Å². The van der Waals surface area contributed by atoms with E-state index in [1.165, 1.54) is 6.42 Å². The first kappa shape index (κ1) is 5.48. The molecular formula is C8H12O. The molecule has 0 aromatic heterocycles. The van der Waals surface area contributed by atoms with Gasteiger partial charge in [-0.05, 0) is 37.2 Å². The van der Waals surface area contributed by atoms with E-state index in [1.54, 1.807) is 0 Å². The minimum absolute atomic E-state index is 0.426. The molecule has 1 nitrogen and oxygen atoms in total. The van der Waals surface area contributed by atoms with Crippen molar-refractivity contribution in [3.8, 4) is 0 Å². The Bertz CT molecular complexity index is 162. The molecule has 2 atom stereocenters. The van der Waals surface area contributed by atoms with Gasteiger partial charge in [0.2, 0.25) is 0 Å². The van der Waals surface area contributed by atoms with Gasteiger partial charge in [-0.3, -0.25) is 0 Å². The quantitative estimate of drug-likeness (QED) is 0.485. The Hall–Kier alpha value is -0.300. The topological polar surface area (TPSA) is 20.2 Å². The highest BCUT2D eigenvalue weighted by atomic mass is 16.3. The molecule has 0 saturated heterocycles. The monoisotopic (exact) mass is 124 g/mol. The molecule has 2 rings (SSSR count). The van der Waals surface area contributed by atoms with E-state index in [0.717, 1.165) is 30.8 Å². The van der Waals surface area contributed by atoms with E-state index >= 15 is 0 Å². The Labute approximate surface area is 55.4 Å². The summed E-state index contributed by atoms with van der Waals surface area (Å²) in [6.45, 7) is 3.86. The lowest BCUT2D eigenvalue weighted by atomic mass is 9.93. The normalized spacial score (nSPS) is 48.6. The van der Waals surface area contributed by atoms with Crippen molar-refractivity contribution in [1.29, 1.82) is 0 Å². The number of aliphatic hydroxyl groups is 1. The summed E-state index contributed by atoms with van der Waals surface area (Å²) >= 11 is 0. The van der Waals surface area contributed by atoms with Crippen LogP contribution in [0.15, 0.2) is 12.2 Å². The maximum absolute atomic E-state index is 9.71. The van der Waals surface area contributed by atoms with Gasteiger partial charge in [0.15, 0.2) is 0 Å². The van der Waals surface area contributed by atoms with Crippen molar-refractivity contribution < 1.29 is 5.11 Å². The van der Waals surface area contributed by atoms with Gasteiger partial charge < -0.3 is 5.11 Å². The van der Waals surface area contributed by atoms with Crippen LogP contribution in [-0.2, 0) is 0 Å². The standard InChI is InChI=1S/C8H12O/c1-6-4-7-2-3-8(6,9)5-7/h7,9H,1-5H2. The average Bonchev–Trinajstić information content (AvgIpc) is 2.22. The molecule has 0 amide bonds. The second-order valence-corrected chi connectivity index (χ2v) is 3.45. The minimum Gasteiger partial charge on any atom is -0.386 e. The van der Waals surface area contributed by atoms with Gasteiger partial charge in [0.25, 0.3) is 0 Å². The first-order valence-corrected chi connectivity index (χ1v) is 3.61. The second-order valence-electron chi connectivity index (χ2n) is 3.45. The Morgan fingerprint density at radius 2 is 2.44 bits per heavy atom. The molecule has 0 radical (unpaired) electrons.